The van der Waals surface area contributed by atoms with Gasteiger partial charge in [-0.25, -0.2) is 4.98 Å². The van der Waals surface area contributed by atoms with Crippen LogP contribution in [0.1, 0.15) is 34.7 Å². The van der Waals surface area contributed by atoms with Gasteiger partial charge in [-0.15, -0.1) is 11.3 Å². The van der Waals surface area contributed by atoms with Gasteiger partial charge in [0.25, 0.3) is 0 Å². The fraction of sp³-hybridized carbons (Fsp3) is 0.294. The maximum absolute atomic E-state index is 12.7. The third-order valence-electron chi connectivity index (χ3n) is 3.69. The molecule has 5 heteroatoms. The summed E-state index contributed by atoms with van der Waals surface area (Å²) >= 11 is 1.51. The molecule has 1 atom stereocenters. The van der Waals surface area contributed by atoms with E-state index < -0.39 is 6.10 Å². The van der Waals surface area contributed by atoms with E-state index in [4.69, 9.17) is 4.42 Å². The van der Waals surface area contributed by atoms with Crippen molar-refractivity contribution in [2.75, 3.05) is 0 Å². The highest BCUT2D eigenvalue weighted by Gasteiger charge is 2.18. The molecule has 0 aliphatic carbocycles. The largest absolute Gasteiger partial charge is 0.453 e. The van der Waals surface area contributed by atoms with Gasteiger partial charge in [0, 0.05) is 16.5 Å². The molecule has 1 N–H and O–H groups in total. The summed E-state index contributed by atoms with van der Waals surface area (Å²) in [5, 5.41) is 13.3. The molecule has 0 radical (unpaired) electrons. The Kier molecular flexibility index (Phi) is 3.62. The van der Waals surface area contributed by atoms with Gasteiger partial charge in [0.05, 0.1) is 16.5 Å². The highest BCUT2D eigenvalue weighted by atomic mass is 32.1. The lowest BCUT2D eigenvalue weighted by atomic mass is 10.0. The van der Waals surface area contributed by atoms with Gasteiger partial charge in [-0.1, -0.05) is 0 Å². The van der Waals surface area contributed by atoms with Crippen LogP contribution in [0.15, 0.2) is 26.7 Å². The number of benzene rings is 1. The van der Waals surface area contributed by atoms with Crippen molar-refractivity contribution in [3.05, 3.63) is 49.4 Å². The Hall–Kier alpha value is -1.98. The molecule has 0 spiro atoms. The number of nitrogens with zero attached hydrogens (tertiary/aromatic N) is 1. The van der Waals surface area contributed by atoms with Crippen molar-refractivity contribution in [1.82, 2.24) is 4.98 Å². The predicted molar refractivity (Wildman–Crippen MR) is 88.4 cm³/mol. The van der Waals surface area contributed by atoms with E-state index >= 15 is 0 Å². The SMILES string of the molecule is Cc1cc([C@H](C)O)c2oc(-c3csc(C)n3)c(C)c(=O)c2c1. The van der Waals surface area contributed by atoms with Gasteiger partial charge in [-0.2, -0.15) is 0 Å². The molecule has 3 aromatic rings. The maximum Gasteiger partial charge on any atom is 0.196 e. The molecule has 3 rings (SSSR count). The van der Waals surface area contributed by atoms with Crippen molar-refractivity contribution in [2.24, 2.45) is 0 Å². The smallest absolute Gasteiger partial charge is 0.196 e. The first-order chi connectivity index (χ1) is 10.4. The van der Waals surface area contributed by atoms with Crippen LogP contribution in [0.4, 0.5) is 0 Å². The standard InChI is InChI=1S/C17H17NO3S/c1-8-5-12(10(3)19)17-13(6-8)15(20)9(2)16(21-17)14-7-22-11(4)18-14/h5-7,10,19H,1-4H3/t10-/m0/s1. The van der Waals surface area contributed by atoms with Crippen molar-refractivity contribution in [2.45, 2.75) is 33.8 Å². The van der Waals surface area contributed by atoms with E-state index in [9.17, 15) is 9.90 Å². The number of thiazole rings is 1. The number of aliphatic hydroxyl groups is 1. The Morgan fingerprint density at radius 1 is 1.27 bits per heavy atom. The zero-order valence-corrected chi connectivity index (χ0v) is 13.7. The summed E-state index contributed by atoms with van der Waals surface area (Å²) in [5.74, 6) is 0.479. The predicted octanol–water partition coefficient (Wildman–Crippen LogP) is 3.90. The zero-order valence-electron chi connectivity index (χ0n) is 12.9. The molecule has 0 saturated heterocycles. The molecule has 0 saturated carbocycles. The maximum atomic E-state index is 12.7. The average Bonchev–Trinajstić information content (AvgIpc) is 2.88. The third-order valence-corrected chi connectivity index (χ3v) is 4.47. The van der Waals surface area contributed by atoms with Crippen molar-refractivity contribution in [1.29, 1.82) is 0 Å². The first kappa shape index (κ1) is 14.9. The van der Waals surface area contributed by atoms with E-state index in [1.165, 1.54) is 11.3 Å². The summed E-state index contributed by atoms with van der Waals surface area (Å²) in [6.07, 6.45) is -0.710. The van der Waals surface area contributed by atoms with E-state index in [-0.39, 0.29) is 5.43 Å². The molecular formula is C17H17NO3S. The molecule has 114 valence electrons. The van der Waals surface area contributed by atoms with Gasteiger partial charge in [0.1, 0.15) is 11.3 Å². The van der Waals surface area contributed by atoms with Crippen LogP contribution in [0, 0.1) is 20.8 Å². The minimum absolute atomic E-state index is 0.0764. The van der Waals surface area contributed by atoms with Crippen molar-refractivity contribution < 1.29 is 9.52 Å². The molecule has 0 amide bonds. The van der Waals surface area contributed by atoms with Crippen LogP contribution in [0.5, 0.6) is 0 Å². The summed E-state index contributed by atoms with van der Waals surface area (Å²) in [6, 6.07) is 3.65. The van der Waals surface area contributed by atoms with Crippen molar-refractivity contribution in [3.63, 3.8) is 0 Å². The topological polar surface area (TPSA) is 63.3 Å². The lowest BCUT2D eigenvalue weighted by Crippen LogP contribution is -2.09. The van der Waals surface area contributed by atoms with Gasteiger partial charge in [0.15, 0.2) is 11.2 Å². The van der Waals surface area contributed by atoms with Gasteiger partial charge in [0.2, 0.25) is 0 Å². The third kappa shape index (κ3) is 2.36. The van der Waals surface area contributed by atoms with Crippen LogP contribution in [-0.2, 0) is 0 Å². The highest BCUT2D eigenvalue weighted by Crippen LogP contribution is 2.31. The minimum Gasteiger partial charge on any atom is -0.453 e. The zero-order chi connectivity index (χ0) is 16.0. The fourth-order valence-electron chi connectivity index (χ4n) is 2.59. The normalized spacial score (nSPS) is 12.8. The Morgan fingerprint density at radius 2 is 2.00 bits per heavy atom. The Bertz CT molecular complexity index is 922. The van der Waals surface area contributed by atoms with Crippen LogP contribution < -0.4 is 5.43 Å². The Balaban J connectivity index is 2.42. The van der Waals surface area contributed by atoms with Crippen LogP contribution in [-0.4, -0.2) is 10.1 Å². The summed E-state index contributed by atoms with van der Waals surface area (Å²) in [4.78, 5) is 17.1. The fourth-order valence-corrected chi connectivity index (χ4v) is 3.18. The molecule has 22 heavy (non-hydrogen) atoms. The van der Waals surface area contributed by atoms with Gasteiger partial charge in [-0.3, -0.25) is 4.79 Å². The van der Waals surface area contributed by atoms with Crippen molar-refractivity contribution >= 4 is 22.3 Å². The number of aryl methyl sites for hydroxylation is 2. The molecule has 2 aromatic heterocycles. The minimum atomic E-state index is -0.710. The quantitative estimate of drug-likeness (QED) is 0.779. The lowest BCUT2D eigenvalue weighted by Gasteiger charge is -2.12. The molecule has 0 aliphatic rings. The van der Waals surface area contributed by atoms with Gasteiger partial charge in [-0.05, 0) is 45.4 Å². The molecule has 0 unspecified atom stereocenters. The number of aliphatic hydroxyl groups excluding tert-OH is 1. The second kappa shape index (κ2) is 5.34. The average molecular weight is 315 g/mol. The molecule has 1 aromatic carbocycles. The molecule has 2 heterocycles. The van der Waals surface area contributed by atoms with Crippen LogP contribution in [0.25, 0.3) is 22.4 Å². The van der Waals surface area contributed by atoms with E-state index in [1.54, 1.807) is 19.9 Å². The molecule has 4 nitrogen and oxygen atoms in total. The van der Waals surface area contributed by atoms with E-state index in [1.807, 2.05) is 25.3 Å². The van der Waals surface area contributed by atoms with E-state index in [0.29, 0.717) is 33.6 Å². The molecule has 0 aliphatic heterocycles. The van der Waals surface area contributed by atoms with Crippen LogP contribution in [0.2, 0.25) is 0 Å². The summed E-state index contributed by atoms with van der Waals surface area (Å²) in [5.41, 5.74) is 3.12. The van der Waals surface area contributed by atoms with Crippen LogP contribution in [0.3, 0.4) is 0 Å². The van der Waals surface area contributed by atoms with Gasteiger partial charge < -0.3 is 9.52 Å². The second-order valence-corrected chi connectivity index (χ2v) is 6.61. The summed E-state index contributed by atoms with van der Waals surface area (Å²) in [6.45, 7) is 7.23. The molecule has 0 bridgehead atoms. The first-order valence-corrected chi connectivity index (χ1v) is 7.95. The van der Waals surface area contributed by atoms with Gasteiger partial charge >= 0.3 is 0 Å². The number of hydrogen-bond donors (Lipinski definition) is 1. The number of rotatable bonds is 2. The molecular weight excluding hydrogens is 298 g/mol. The first-order valence-electron chi connectivity index (χ1n) is 7.07. The lowest BCUT2D eigenvalue weighted by molar-refractivity contribution is 0.199. The number of fused-ring (bicyclic) bond motifs is 1. The molecule has 0 fully saturated rings. The summed E-state index contributed by atoms with van der Waals surface area (Å²) < 4.78 is 6.00. The van der Waals surface area contributed by atoms with Crippen LogP contribution >= 0.6 is 11.3 Å². The van der Waals surface area contributed by atoms with Crippen molar-refractivity contribution in [3.8, 4) is 11.5 Å². The Labute approximate surface area is 132 Å². The monoisotopic (exact) mass is 315 g/mol. The number of aromatic nitrogens is 1. The second-order valence-electron chi connectivity index (χ2n) is 5.54. The number of hydrogen-bond acceptors (Lipinski definition) is 5. The van der Waals surface area contributed by atoms with E-state index in [0.717, 1.165) is 10.6 Å². The highest BCUT2D eigenvalue weighted by molar-refractivity contribution is 7.09. The Morgan fingerprint density at radius 3 is 2.59 bits per heavy atom. The van der Waals surface area contributed by atoms with E-state index in [2.05, 4.69) is 4.98 Å². The summed E-state index contributed by atoms with van der Waals surface area (Å²) in [7, 11) is 0.